The molecule has 7 heteroatoms. The third kappa shape index (κ3) is 2.57. The van der Waals surface area contributed by atoms with E-state index in [1.54, 1.807) is 13.0 Å². The monoisotopic (exact) mass is 233 g/mol. The number of rotatable bonds is 3. The Morgan fingerprint density at radius 3 is 3.06 bits per heavy atom. The quantitative estimate of drug-likeness (QED) is 0.788. The number of carbonyl (C=O) groups excluding carboxylic acids is 1. The summed E-state index contributed by atoms with van der Waals surface area (Å²) >= 11 is 0. The minimum Gasteiger partial charge on any atom is -0.397 e. The number of nitrogens with zero attached hydrogens (tertiary/aromatic N) is 3. The minimum atomic E-state index is -0.299. The van der Waals surface area contributed by atoms with Crippen molar-refractivity contribution in [2.24, 2.45) is 0 Å². The van der Waals surface area contributed by atoms with E-state index in [9.17, 15) is 4.79 Å². The lowest BCUT2D eigenvalue weighted by atomic mass is 10.2. The molecule has 2 rings (SSSR count). The maximum Gasteiger partial charge on any atom is 0.253 e. The van der Waals surface area contributed by atoms with E-state index in [4.69, 9.17) is 10.3 Å². The summed E-state index contributed by atoms with van der Waals surface area (Å²) in [5.74, 6) is 0.577. The minimum absolute atomic E-state index is 0.192. The first-order valence-corrected chi connectivity index (χ1v) is 4.93. The van der Waals surface area contributed by atoms with Gasteiger partial charge in [0, 0.05) is 13.1 Å². The lowest BCUT2D eigenvalue weighted by Crippen LogP contribution is -2.24. The number of anilines is 1. The van der Waals surface area contributed by atoms with Crippen LogP contribution in [0.25, 0.3) is 0 Å². The zero-order chi connectivity index (χ0) is 12.3. The first-order valence-electron chi connectivity index (χ1n) is 4.93. The van der Waals surface area contributed by atoms with Crippen molar-refractivity contribution in [2.45, 2.75) is 13.5 Å². The molecule has 0 fully saturated rings. The van der Waals surface area contributed by atoms with Crippen molar-refractivity contribution in [2.75, 3.05) is 5.73 Å². The van der Waals surface area contributed by atoms with E-state index in [-0.39, 0.29) is 12.5 Å². The molecule has 0 saturated carbocycles. The smallest absolute Gasteiger partial charge is 0.253 e. The van der Waals surface area contributed by atoms with Crippen molar-refractivity contribution in [3.05, 3.63) is 35.7 Å². The van der Waals surface area contributed by atoms with Gasteiger partial charge in [-0.1, -0.05) is 5.16 Å². The van der Waals surface area contributed by atoms with Gasteiger partial charge in [0.15, 0.2) is 5.82 Å². The lowest BCUT2D eigenvalue weighted by Gasteiger charge is -2.04. The van der Waals surface area contributed by atoms with Gasteiger partial charge in [0.25, 0.3) is 5.91 Å². The topological polar surface area (TPSA) is 107 Å². The summed E-state index contributed by atoms with van der Waals surface area (Å²) in [4.78, 5) is 19.5. The molecule has 17 heavy (non-hydrogen) atoms. The number of nitrogens with one attached hydrogen (secondary N) is 1. The number of aromatic nitrogens is 3. The standard InChI is InChI=1S/C10H11N5O2/c1-6-14-9(15-17-6)5-13-10(16)7-2-3-12-4-8(7)11/h2-4H,5,11H2,1H3,(H,13,16). The number of pyridine rings is 1. The van der Waals surface area contributed by atoms with Crippen LogP contribution in [-0.4, -0.2) is 21.0 Å². The Balaban J connectivity index is 2.01. The fourth-order valence-electron chi connectivity index (χ4n) is 1.28. The van der Waals surface area contributed by atoms with Gasteiger partial charge in [-0.15, -0.1) is 0 Å². The molecule has 0 atom stereocenters. The normalized spacial score (nSPS) is 10.2. The summed E-state index contributed by atoms with van der Waals surface area (Å²) < 4.78 is 4.78. The number of amides is 1. The first kappa shape index (κ1) is 11.1. The van der Waals surface area contributed by atoms with E-state index < -0.39 is 0 Å². The Bertz CT molecular complexity index is 537. The van der Waals surface area contributed by atoms with Crippen LogP contribution in [0.2, 0.25) is 0 Å². The van der Waals surface area contributed by atoms with E-state index in [1.165, 1.54) is 12.4 Å². The summed E-state index contributed by atoms with van der Waals surface area (Å²) in [5, 5.41) is 6.30. The molecule has 2 heterocycles. The molecule has 0 bridgehead atoms. The van der Waals surface area contributed by atoms with Gasteiger partial charge in [-0.05, 0) is 6.07 Å². The zero-order valence-corrected chi connectivity index (χ0v) is 9.17. The maximum absolute atomic E-state index is 11.7. The average molecular weight is 233 g/mol. The van der Waals surface area contributed by atoms with Crippen molar-refractivity contribution < 1.29 is 9.32 Å². The molecule has 88 valence electrons. The Hall–Kier alpha value is -2.44. The fourth-order valence-corrected chi connectivity index (χ4v) is 1.28. The SMILES string of the molecule is Cc1nc(CNC(=O)c2ccncc2N)no1. The molecule has 0 aromatic carbocycles. The number of nitrogens with two attached hydrogens (primary N) is 1. The molecule has 0 aliphatic heterocycles. The van der Waals surface area contributed by atoms with Crippen molar-refractivity contribution in [3.8, 4) is 0 Å². The molecular weight excluding hydrogens is 222 g/mol. The van der Waals surface area contributed by atoms with Gasteiger partial charge in [0.1, 0.15) is 0 Å². The van der Waals surface area contributed by atoms with Crippen molar-refractivity contribution in [3.63, 3.8) is 0 Å². The van der Waals surface area contributed by atoms with Crippen molar-refractivity contribution in [1.29, 1.82) is 0 Å². The van der Waals surface area contributed by atoms with E-state index in [0.29, 0.717) is 23.0 Å². The van der Waals surface area contributed by atoms with E-state index in [1.807, 2.05) is 0 Å². The summed E-state index contributed by atoms with van der Waals surface area (Å²) in [6.45, 7) is 1.87. The highest BCUT2D eigenvalue weighted by atomic mass is 16.5. The molecule has 2 aromatic heterocycles. The van der Waals surface area contributed by atoms with Crippen LogP contribution in [0.3, 0.4) is 0 Å². The fraction of sp³-hybridized carbons (Fsp3) is 0.200. The second kappa shape index (κ2) is 4.60. The molecule has 0 radical (unpaired) electrons. The van der Waals surface area contributed by atoms with Crippen LogP contribution in [0.4, 0.5) is 5.69 Å². The number of carbonyl (C=O) groups is 1. The number of aryl methyl sites for hydroxylation is 1. The molecule has 3 N–H and O–H groups in total. The van der Waals surface area contributed by atoms with E-state index >= 15 is 0 Å². The zero-order valence-electron chi connectivity index (χ0n) is 9.17. The highest BCUT2D eigenvalue weighted by Gasteiger charge is 2.10. The Kier molecular flexibility index (Phi) is 2.99. The summed E-state index contributed by atoms with van der Waals surface area (Å²) in [6.07, 6.45) is 2.93. The van der Waals surface area contributed by atoms with Crippen molar-refractivity contribution in [1.82, 2.24) is 20.4 Å². The lowest BCUT2D eigenvalue weighted by molar-refractivity contribution is 0.0950. The maximum atomic E-state index is 11.7. The molecule has 1 amide bonds. The molecule has 0 aliphatic rings. The molecule has 2 aromatic rings. The number of nitrogen functional groups attached to an aromatic ring is 1. The summed E-state index contributed by atoms with van der Waals surface area (Å²) in [7, 11) is 0. The third-order valence-corrected chi connectivity index (χ3v) is 2.07. The first-order chi connectivity index (χ1) is 8.16. The van der Waals surface area contributed by atoms with Crippen molar-refractivity contribution >= 4 is 11.6 Å². The van der Waals surface area contributed by atoms with Gasteiger partial charge in [-0.2, -0.15) is 4.98 Å². The molecule has 0 unspecified atom stereocenters. The van der Waals surface area contributed by atoms with Gasteiger partial charge >= 0.3 is 0 Å². The molecule has 0 spiro atoms. The predicted octanol–water partition coefficient (Wildman–Crippen LogP) is 0.285. The predicted molar refractivity (Wildman–Crippen MR) is 58.9 cm³/mol. The van der Waals surface area contributed by atoms with E-state index in [2.05, 4.69) is 20.4 Å². The largest absolute Gasteiger partial charge is 0.397 e. The van der Waals surface area contributed by atoms with Crippen LogP contribution in [-0.2, 0) is 6.54 Å². The van der Waals surface area contributed by atoms with Crippen LogP contribution in [0, 0.1) is 6.92 Å². The van der Waals surface area contributed by atoms with E-state index in [0.717, 1.165) is 0 Å². The Morgan fingerprint density at radius 2 is 2.41 bits per heavy atom. The van der Waals surface area contributed by atoms with Crippen LogP contribution < -0.4 is 11.1 Å². The molecule has 7 nitrogen and oxygen atoms in total. The summed E-state index contributed by atoms with van der Waals surface area (Å²) in [6, 6.07) is 1.55. The molecule has 0 saturated heterocycles. The second-order valence-corrected chi connectivity index (χ2v) is 3.38. The van der Waals surface area contributed by atoms with Gasteiger partial charge < -0.3 is 15.6 Å². The number of hydrogen-bond acceptors (Lipinski definition) is 6. The Morgan fingerprint density at radius 1 is 1.59 bits per heavy atom. The summed E-state index contributed by atoms with van der Waals surface area (Å²) in [5.41, 5.74) is 6.32. The highest BCUT2D eigenvalue weighted by molar-refractivity contribution is 5.98. The highest BCUT2D eigenvalue weighted by Crippen LogP contribution is 2.08. The van der Waals surface area contributed by atoms with Gasteiger partial charge in [0.05, 0.1) is 24.0 Å². The molecule has 0 aliphatic carbocycles. The van der Waals surface area contributed by atoms with Crippen LogP contribution in [0.15, 0.2) is 23.0 Å². The Labute approximate surface area is 97.0 Å². The van der Waals surface area contributed by atoms with Crippen LogP contribution in [0.5, 0.6) is 0 Å². The average Bonchev–Trinajstić information content (AvgIpc) is 2.73. The molecular formula is C10H11N5O2. The van der Waals surface area contributed by atoms with Crippen LogP contribution in [0.1, 0.15) is 22.1 Å². The van der Waals surface area contributed by atoms with Gasteiger partial charge in [-0.25, -0.2) is 0 Å². The van der Waals surface area contributed by atoms with Gasteiger partial charge in [0.2, 0.25) is 5.89 Å². The van der Waals surface area contributed by atoms with Gasteiger partial charge in [-0.3, -0.25) is 9.78 Å². The second-order valence-electron chi connectivity index (χ2n) is 3.38. The van der Waals surface area contributed by atoms with Crippen LogP contribution >= 0.6 is 0 Å². The number of hydrogen-bond donors (Lipinski definition) is 2. The third-order valence-electron chi connectivity index (χ3n) is 2.07.